The number of benzene rings is 2. The number of fused-ring (bicyclic) bond motifs is 1. The maximum absolute atomic E-state index is 12.7. The van der Waals surface area contributed by atoms with Gasteiger partial charge in [0.05, 0.1) is 15.3 Å². The number of para-hydroxylation sites is 1. The molecule has 2 aromatic carbocycles. The zero-order valence-electron chi connectivity index (χ0n) is 14.5. The van der Waals surface area contributed by atoms with E-state index in [0.29, 0.717) is 31.2 Å². The van der Waals surface area contributed by atoms with E-state index < -0.39 is 11.7 Å². The SMILES string of the molecule is O=C(c1ccc(C(F)(F)F)cc1)N1CCN(c2nc3c(Cl)cccc3s2)CC1. The monoisotopic (exact) mass is 425 g/mol. The van der Waals surface area contributed by atoms with Gasteiger partial charge in [-0.15, -0.1) is 0 Å². The predicted molar refractivity (Wildman–Crippen MR) is 104 cm³/mol. The van der Waals surface area contributed by atoms with Crippen molar-refractivity contribution < 1.29 is 18.0 Å². The van der Waals surface area contributed by atoms with Crippen molar-refractivity contribution in [3.8, 4) is 0 Å². The number of alkyl halides is 3. The Bertz CT molecular complexity index is 1010. The highest BCUT2D eigenvalue weighted by molar-refractivity contribution is 7.22. The number of anilines is 1. The van der Waals surface area contributed by atoms with Gasteiger partial charge in [-0.05, 0) is 36.4 Å². The molecule has 1 aliphatic heterocycles. The molecular formula is C19H15ClF3N3OS. The maximum Gasteiger partial charge on any atom is 0.416 e. The molecule has 1 saturated heterocycles. The van der Waals surface area contributed by atoms with Crippen molar-refractivity contribution in [1.82, 2.24) is 9.88 Å². The van der Waals surface area contributed by atoms with Crippen LogP contribution in [0.5, 0.6) is 0 Å². The lowest BCUT2D eigenvalue weighted by atomic mass is 10.1. The zero-order chi connectivity index (χ0) is 19.9. The van der Waals surface area contributed by atoms with Crippen LogP contribution >= 0.6 is 22.9 Å². The summed E-state index contributed by atoms with van der Waals surface area (Å²) in [6.45, 7) is 2.15. The highest BCUT2D eigenvalue weighted by Crippen LogP contribution is 2.33. The van der Waals surface area contributed by atoms with Gasteiger partial charge in [0.2, 0.25) is 0 Å². The third-order valence-corrected chi connectivity index (χ3v) is 6.04. The summed E-state index contributed by atoms with van der Waals surface area (Å²) in [6.07, 6.45) is -4.41. The fourth-order valence-electron chi connectivity index (χ4n) is 3.12. The lowest BCUT2D eigenvalue weighted by molar-refractivity contribution is -0.137. The number of piperazine rings is 1. The minimum Gasteiger partial charge on any atom is -0.345 e. The molecule has 4 nitrogen and oxygen atoms in total. The number of carbonyl (C=O) groups excluding carboxylic acids is 1. The Labute approximate surface area is 168 Å². The van der Waals surface area contributed by atoms with E-state index in [-0.39, 0.29) is 11.5 Å². The van der Waals surface area contributed by atoms with Gasteiger partial charge in [-0.2, -0.15) is 13.2 Å². The minimum absolute atomic E-state index is 0.258. The molecular weight excluding hydrogens is 411 g/mol. The second kappa shape index (κ2) is 7.25. The first kappa shape index (κ1) is 19.0. The summed E-state index contributed by atoms with van der Waals surface area (Å²) in [6, 6.07) is 9.98. The first-order valence-corrected chi connectivity index (χ1v) is 9.79. The number of amides is 1. The van der Waals surface area contributed by atoms with Crippen molar-refractivity contribution in [2.45, 2.75) is 6.18 Å². The lowest BCUT2D eigenvalue weighted by Crippen LogP contribution is -2.48. The Morgan fingerprint density at radius 1 is 1.04 bits per heavy atom. The number of halogens is 4. The summed E-state index contributed by atoms with van der Waals surface area (Å²) >= 11 is 7.73. The normalized spacial score (nSPS) is 15.3. The Kier molecular flexibility index (Phi) is 4.93. The molecule has 0 aliphatic carbocycles. The molecule has 146 valence electrons. The van der Waals surface area contributed by atoms with Crippen LogP contribution in [0.25, 0.3) is 10.2 Å². The number of hydrogen-bond donors (Lipinski definition) is 0. The molecule has 0 spiro atoms. The maximum atomic E-state index is 12.7. The average Bonchev–Trinajstić information content (AvgIpc) is 3.13. The molecule has 0 radical (unpaired) electrons. The summed E-state index contributed by atoms with van der Waals surface area (Å²) in [5.41, 5.74) is 0.268. The molecule has 1 fully saturated rings. The van der Waals surface area contributed by atoms with Gasteiger partial charge < -0.3 is 9.80 Å². The quantitative estimate of drug-likeness (QED) is 0.584. The molecule has 0 N–H and O–H groups in total. The van der Waals surface area contributed by atoms with Crippen LogP contribution in [-0.2, 0) is 6.18 Å². The van der Waals surface area contributed by atoms with Crippen molar-refractivity contribution in [3.05, 3.63) is 58.6 Å². The molecule has 3 aromatic rings. The Balaban J connectivity index is 1.43. The van der Waals surface area contributed by atoms with E-state index in [2.05, 4.69) is 9.88 Å². The molecule has 9 heteroatoms. The van der Waals surface area contributed by atoms with Crippen LogP contribution < -0.4 is 4.90 Å². The summed E-state index contributed by atoms with van der Waals surface area (Å²) in [5, 5.41) is 1.46. The molecule has 1 aromatic heterocycles. The molecule has 4 rings (SSSR count). The van der Waals surface area contributed by atoms with E-state index in [1.807, 2.05) is 12.1 Å². The van der Waals surface area contributed by atoms with Crippen LogP contribution in [0.4, 0.5) is 18.3 Å². The van der Waals surface area contributed by atoms with Crippen LogP contribution in [0.1, 0.15) is 15.9 Å². The van der Waals surface area contributed by atoms with E-state index in [9.17, 15) is 18.0 Å². The van der Waals surface area contributed by atoms with Gasteiger partial charge in [-0.25, -0.2) is 4.98 Å². The molecule has 28 heavy (non-hydrogen) atoms. The van der Waals surface area contributed by atoms with Gasteiger partial charge in [0.25, 0.3) is 5.91 Å². The molecule has 2 heterocycles. The van der Waals surface area contributed by atoms with Gasteiger partial charge in [0.1, 0.15) is 5.52 Å². The van der Waals surface area contributed by atoms with Crippen molar-refractivity contribution in [2.75, 3.05) is 31.1 Å². The third kappa shape index (κ3) is 3.66. The summed E-state index contributed by atoms with van der Waals surface area (Å²) in [7, 11) is 0. The second-order valence-electron chi connectivity index (χ2n) is 6.44. The zero-order valence-corrected chi connectivity index (χ0v) is 16.1. The summed E-state index contributed by atoms with van der Waals surface area (Å²) in [5.74, 6) is -0.263. The Hall–Kier alpha value is -2.32. The number of thiazole rings is 1. The Morgan fingerprint density at radius 2 is 1.71 bits per heavy atom. The molecule has 0 unspecified atom stereocenters. The fraction of sp³-hybridized carbons (Fsp3) is 0.263. The van der Waals surface area contributed by atoms with Gasteiger partial charge in [0.15, 0.2) is 5.13 Å². The minimum atomic E-state index is -4.41. The van der Waals surface area contributed by atoms with Crippen LogP contribution in [-0.4, -0.2) is 42.0 Å². The highest BCUT2D eigenvalue weighted by Gasteiger charge is 2.31. The number of hydrogen-bond acceptors (Lipinski definition) is 4. The topological polar surface area (TPSA) is 36.4 Å². The van der Waals surface area contributed by atoms with Gasteiger partial charge in [-0.1, -0.05) is 29.0 Å². The fourth-order valence-corrected chi connectivity index (χ4v) is 4.44. The van der Waals surface area contributed by atoms with Gasteiger partial charge >= 0.3 is 6.18 Å². The van der Waals surface area contributed by atoms with E-state index in [0.717, 1.165) is 27.5 Å². The van der Waals surface area contributed by atoms with Gasteiger partial charge in [0, 0.05) is 31.7 Å². The molecule has 0 saturated carbocycles. The van der Waals surface area contributed by atoms with E-state index in [1.54, 1.807) is 22.3 Å². The first-order chi connectivity index (χ1) is 13.3. The largest absolute Gasteiger partial charge is 0.416 e. The number of carbonyl (C=O) groups is 1. The van der Waals surface area contributed by atoms with E-state index >= 15 is 0 Å². The Morgan fingerprint density at radius 3 is 2.32 bits per heavy atom. The average molecular weight is 426 g/mol. The number of aromatic nitrogens is 1. The lowest BCUT2D eigenvalue weighted by Gasteiger charge is -2.34. The van der Waals surface area contributed by atoms with Crippen LogP contribution in [0, 0.1) is 0 Å². The van der Waals surface area contributed by atoms with Crippen molar-refractivity contribution >= 4 is 44.2 Å². The van der Waals surface area contributed by atoms with Gasteiger partial charge in [-0.3, -0.25) is 4.79 Å². The first-order valence-electron chi connectivity index (χ1n) is 8.59. The third-order valence-electron chi connectivity index (χ3n) is 4.66. The summed E-state index contributed by atoms with van der Waals surface area (Å²) in [4.78, 5) is 20.9. The molecule has 1 aliphatic rings. The van der Waals surface area contributed by atoms with E-state index in [4.69, 9.17) is 11.6 Å². The predicted octanol–water partition coefficient (Wildman–Crippen LogP) is 4.93. The summed E-state index contributed by atoms with van der Waals surface area (Å²) < 4.78 is 39.0. The van der Waals surface area contributed by atoms with Crippen molar-refractivity contribution in [3.63, 3.8) is 0 Å². The molecule has 0 bridgehead atoms. The van der Waals surface area contributed by atoms with Crippen LogP contribution in [0.2, 0.25) is 5.02 Å². The number of rotatable bonds is 2. The second-order valence-corrected chi connectivity index (χ2v) is 7.85. The van der Waals surface area contributed by atoms with Crippen molar-refractivity contribution in [2.24, 2.45) is 0 Å². The van der Waals surface area contributed by atoms with Crippen LogP contribution in [0.15, 0.2) is 42.5 Å². The highest BCUT2D eigenvalue weighted by atomic mass is 35.5. The van der Waals surface area contributed by atoms with E-state index in [1.165, 1.54) is 12.1 Å². The number of nitrogens with zero attached hydrogens (tertiary/aromatic N) is 3. The standard InChI is InChI=1S/C19H15ClF3N3OS/c20-14-2-1-3-15-16(14)24-18(28-15)26-10-8-25(9-11-26)17(27)12-4-6-13(7-5-12)19(21,22)23/h1-7H,8-11H2. The van der Waals surface area contributed by atoms with Crippen molar-refractivity contribution in [1.29, 1.82) is 0 Å². The van der Waals surface area contributed by atoms with Crippen LogP contribution in [0.3, 0.4) is 0 Å². The molecule has 0 atom stereocenters. The smallest absolute Gasteiger partial charge is 0.345 e. The molecule has 1 amide bonds.